The molecule has 2 rings (SSSR count). The summed E-state index contributed by atoms with van der Waals surface area (Å²) in [4.78, 5) is 26.3. The van der Waals surface area contributed by atoms with Gasteiger partial charge in [-0.3, -0.25) is 15.1 Å². The Kier molecular flexibility index (Phi) is 2.78. The lowest BCUT2D eigenvalue weighted by atomic mass is 10.1. The van der Waals surface area contributed by atoms with Gasteiger partial charge >= 0.3 is 6.09 Å². The molecule has 88 valence electrons. The van der Waals surface area contributed by atoms with Crippen LogP contribution in [0.15, 0.2) is 29.3 Å². The third-order valence-electron chi connectivity index (χ3n) is 2.41. The Morgan fingerprint density at radius 1 is 1.47 bits per heavy atom. The van der Waals surface area contributed by atoms with Crippen LogP contribution in [-0.2, 0) is 4.79 Å². The summed E-state index contributed by atoms with van der Waals surface area (Å²) in [5, 5.41) is 13.3. The molecule has 0 saturated heterocycles. The summed E-state index contributed by atoms with van der Waals surface area (Å²) in [5.74, 6) is -0.489. The fourth-order valence-corrected chi connectivity index (χ4v) is 1.65. The highest BCUT2D eigenvalue weighted by Gasteiger charge is 2.24. The molecule has 0 fully saturated rings. The van der Waals surface area contributed by atoms with E-state index in [1.807, 2.05) is 12.1 Å². The summed E-state index contributed by atoms with van der Waals surface area (Å²) in [7, 11) is 0. The van der Waals surface area contributed by atoms with Gasteiger partial charge in [-0.15, -0.1) is 0 Å². The fraction of sp³-hybridized carbons (Fsp3) is 0.182. The molecule has 1 aliphatic heterocycles. The lowest BCUT2D eigenvalue weighted by Gasteiger charge is -2.09. The first-order valence-electron chi connectivity index (χ1n) is 5.02. The van der Waals surface area contributed by atoms with Crippen LogP contribution in [0.4, 0.5) is 10.5 Å². The van der Waals surface area contributed by atoms with Crippen molar-refractivity contribution < 1.29 is 14.7 Å². The smallest absolute Gasteiger partial charge is 0.406 e. The number of carbonyl (C=O) groups is 2. The topological polar surface area (TPSA) is 90.8 Å². The molecule has 0 spiro atoms. The average Bonchev–Trinajstić information content (AvgIpc) is 2.38. The lowest BCUT2D eigenvalue weighted by Crippen LogP contribution is -2.41. The summed E-state index contributed by atoms with van der Waals surface area (Å²) in [6.45, 7) is 1.73. The number of anilines is 1. The second-order valence-electron chi connectivity index (χ2n) is 3.60. The number of aliphatic imine (C=N–C) groups is 1. The van der Waals surface area contributed by atoms with Crippen LogP contribution in [0.5, 0.6) is 0 Å². The molecular weight excluding hydrogens is 222 g/mol. The van der Waals surface area contributed by atoms with E-state index in [-0.39, 0.29) is 0 Å². The van der Waals surface area contributed by atoms with E-state index in [0.717, 1.165) is 5.56 Å². The summed E-state index contributed by atoms with van der Waals surface area (Å²) < 4.78 is 0. The zero-order valence-electron chi connectivity index (χ0n) is 9.10. The number of amides is 2. The fourth-order valence-electron chi connectivity index (χ4n) is 1.65. The number of nitrogens with zero attached hydrogens (tertiary/aromatic N) is 1. The van der Waals surface area contributed by atoms with E-state index in [9.17, 15) is 9.59 Å². The van der Waals surface area contributed by atoms with Crippen molar-refractivity contribution in [3.8, 4) is 0 Å². The number of hydrogen-bond acceptors (Lipinski definition) is 3. The molecule has 0 saturated carbocycles. The molecule has 0 aliphatic carbocycles. The maximum atomic E-state index is 11.7. The van der Waals surface area contributed by atoms with Crippen molar-refractivity contribution in [3.05, 3.63) is 29.8 Å². The second kappa shape index (κ2) is 4.25. The van der Waals surface area contributed by atoms with E-state index in [0.29, 0.717) is 11.4 Å². The Balaban J connectivity index is 2.39. The van der Waals surface area contributed by atoms with Crippen molar-refractivity contribution in [2.75, 3.05) is 5.32 Å². The molecule has 1 aromatic carbocycles. The summed E-state index contributed by atoms with van der Waals surface area (Å²) >= 11 is 0. The third-order valence-corrected chi connectivity index (χ3v) is 2.41. The highest BCUT2D eigenvalue weighted by molar-refractivity contribution is 6.11. The zero-order chi connectivity index (χ0) is 12.4. The highest BCUT2D eigenvalue weighted by Crippen LogP contribution is 2.19. The van der Waals surface area contributed by atoms with Gasteiger partial charge in [0.25, 0.3) is 5.91 Å². The van der Waals surface area contributed by atoms with E-state index < -0.39 is 18.2 Å². The first-order chi connectivity index (χ1) is 8.08. The Hall–Kier alpha value is -2.37. The number of benzene rings is 1. The van der Waals surface area contributed by atoms with Crippen molar-refractivity contribution in [1.82, 2.24) is 5.32 Å². The largest absolute Gasteiger partial charge is 0.465 e. The van der Waals surface area contributed by atoms with Crippen molar-refractivity contribution in [2.45, 2.75) is 13.1 Å². The number of fused-ring (bicyclic) bond motifs is 1. The first kappa shape index (κ1) is 11.1. The van der Waals surface area contributed by atoms with Crippen LogP contribution in [0.2, 0.25) is 0 Å². The monoisotopic (exact) mass is 233 g/mol. The van der Waals surface area contributed by atoms with Gasteiger partial charge in [-0.1, -0.05) is 18.2 Å². The van der Waals surface area contributed by atoms with Crippen LogP contribution in [0, 0.1) is 0 Å². The molecule has 3 N–H and O–H groups in total. The molecule has 1 atom stereocenters. The highest BCUT2D eigenvalue weighted by atomic mass is 16.4. The van der Waals surface area contributed by atoms with Crippen molar-refractivity contribution >= 4 is 23.4 Å². The van der Waals surface area contributed by atoms with Crippen molar-refractivity contribution in [3.63, 3.8) is 0 Å². The number of rotatable bonds is 1. The Morgan fingerprint density at radius 3 is 2.88 bits per heavy atom. The maximum Gasteiger partial charge on any atom is 0.406 e. The number of hydrogen-bond donors (Lipinski definition) is 3. The molecule has 1 aromatic rings. The normalized spacial score (nSPS) is 18.5. The van der Waals surface area contributed by atoms with Crippen molar-refractivity contribution in [2.24, 2.45) is 4.99 Å². The van der Waals surface area contributed by atoms with E-state index in [2.05, 4.69) is 15.6 Å². The zero-order valence-corrected chi connectivity index (χ0v) is 9.10. The molecule has 1 aliphatic rings. The first-order valence-corrected chi connectivity index (χ1v) is 5.02. The molecule has 6 nitrogen and oxygen atoms in total. The van der Waals surface area contributed by atoms with E-state index in [4.69, 9.17) is 5.11 Å². The van der Waals surface area contributed by atoms with E-state index >= 15 is 0 Å². The molecule has 0 radical (unpaired) electrons. The lowest BCUT2D eigenvalue weighted by molar-refractivity contribution is -0.117. The Morgan fingerprint density at radius 2 is 2.18 bits per heavy atom. The molecular formula is C11H11N3O3. The summed E-state index contributed by atoms with van der Waals surface area (Å²) in [6.07, 6.45) is -2.40. The Labute approximate surface area is 97.4 Å². The van der Waals surface area contributed by atoms with Crippen LogP contribution in [0.3, 0.4) is 0 Å². The van der Waals surface area contributed by atoms with Gasteiger partial charge in [0.15, 0.2) is 0 Å². The van der Waals surface area contributed by atoms with Crippen molar-refractivity contribution in [1.29, 1.82) is 0 Å². The van der Waals surface area contributed by atoms with Crippen LogP contribution < -0.4 is 10.6 Å². The number of carboxylic acid groups (broad SMARTS) is 1. The van der Waals surface area contributed by atoms with Gasteiger partial charge in [0.1, 0.15) is 0 Å². The van der Waals surface area contributed by atoms with Gasteiger partial charge in [0, 0.05) is 17.0 Å². The molecule has 0 bridgehead atoms. The van der Waals surface area contributed by atoms with Gasteiger partial charge < -0.3 is 10.4 Å². The number of carbonyl (C=O) groups excluding carboxylic acids is 1. The molecule has 17 heavy (non-hydrogen) atoms. The van der Waals surface area contributed by atoms with Gasteiger partial charge in [-0.05, 0) is 13.0 Å². The quantitative estimate of drug-likeness (QED) is 0.676. The second-order valence-corrected chi connectivity index (χ2v) is 3.60. The van der Waals surface area contributed by atoms with Gasteiger partial charge in [-0.2, -0.15) is 0 Å². The number of para-hydroxylation sites is 1. The predicted octanol–water partition coefficient (Wildman–Crippen LogP) is 1.04. The number of nitrogens with one attached hydrogen (secondary N) is 2. The van der Waals surface area contributed by atoms with Gasteiger partial charge in [-0.25, -0.2) is 4.79 Å². The number of benzodiazepines with no additional fused rings is 1. The molecule has 0 aromatic heterocycles. The van der Waals surface area contributed by atoms with E-state index in [1.54, 1.807) is 19.1 Å². The van der Waals surface area contributed by atoms with Crippen LogP contribution in [0.1, 0.15) is 12.5 Å². The minimum atomic E-state index is -1.28. The summed E-state index contributed by atoms with van der Waals surface area (Å²) in [6, 6.07) is 7.18. The predicted molar refractivity (Wildman–Crippen MR) is 62.2 cm³/mol. The average molecular weight is 233 g/mol. The van der Waals surface area contributed by atoms with Crippen LogP contribution >= 0.6 is 0 Å². The molecule has 2 amide bonds. The standard InChI is InChI=1S/C11H11N3O3/c1-6-7-4-2-3-5-8(7)13-10(15)9(12-6)14-11(16)17/h2-5,9,14H,1H3,(H,13,15)(H,16,17). The van der Waals surface area contributed by atoms with Crippen LogP contribution in [0.25, 0.3) is 0 Å². The minimum Gasteiger partial charge on any atom is -0.465 e. The van der Waals surface area contributed by atoms with E-state index in [1.165, 1.54) is 0 Å². The minimum absolute atomic E-state index is 0.489. The molecule has 6 heteroatoms. The third kappa shape index (κ3) is 2.25. The van der Waals surface area contributed by atoms with Gasteiger partial charge in [0.2, 0.25) is 6.17 Å². The Bertz CT molecular complexity index is 510. The van der Waals surface area contributed by atoms with Gasteiger partial charge in [0.05, 0.1) is 0 Å². The van der Waals surface area contributed by atoms with Crippen LogP contribution in [-0.4, -0.2) is 29.0 Å². The SMILES string of the molecule is CC1=NC(NC(=O)O)C(=O)Nc2ccccc21. The molecule has 1 unspecified atom stereocenters. The maximum absolute atomic E-state index is 11.7. The summed E-state index contributed by atoms with van der Waals surface area (Å²) in [5.41, 5.74) is 2.03. The molecule has 1 heterocycles.